The Morgan fingerprint density at radius 3 is 2.44 bits per heavy atom. The van der Waals surface area contributed by atoms with Gasteiger partial charge < -0.3 is 10.5 Å². The zero-order valence-corrected chi connectivity index (χ0v) is 9.88. The van der Waals surface area contributed by atoms with E-state index in [0.29, 0.717) is 12.8 Å². The van der Waals surface area contributed by atoms with Gasteiger partial charge in [-0.3, -0.25) is 0 Å². The van der Waals surface area contributed by atoms with Crippen molar-refractivity contribution in [2.24, 2.45) is 11.7 Å². The normalized spacial score (nSPS) is 46.9. The maximum absolute atomic E-state index is 14.5. The average Bonchev–Trinajstić information content (AvgIpc) is 2.64. The molecule has 2 saturated carbocycles. The third-order valence-electron chi connectivity index (χ3n) is 4.94. The molecule has 92 valence electrons. The first-order valence-electron chi connectivity index (χ1n) is 6.70. The molecule has 1 atom stereocenters. The predicted molar refractivity (Wildman–Crippen MR) is 60.9 cm³/mol. The highest BCUT2D eigenvalue weighted by molar-refractivity contribution is 5.05. The van der Waals surface area contributed by atoms with Gasteiger partial charge in [-0.15, -0.1) is 0 Å². The number of ether oxygens (including phenoxy) is 1. The second kappa shape index (κ2) is 3.67. The van der Waals surface area contributed by atoms with Crippen LogP contribution in [0, 0.1) is 5.92 Å². The fraction of sp³-hybridized carbons (Fsp3) is 1.00. The third kappa shape index (κ3) is 1.68. The Labute approximate surface area is 96.7 Å². The van der Waals surface area contributed by atoms with Gasteiger partial charge in [0.05, 0.1) is 5.60 Å². The molecule has 0 aromatic rings. The van der Waals surface area contributed by atoms with Gasteiger partial charge in [-0.05, 0) is 44.4 Å². The van der Waals surface area contributed by atoms with E-state index in [4.69, 9.17) is 10.5 Å². The Hall–Kier alpha value is -0.150. The predicted octanol–water partition coefficient (Wildman–Crippen LogP) is 2.56. The summed E-state index contributed by atoms with van der Waals surface area (Å²) in [6, 6.07) is 0.104. The number of alkyl halides is 1. The molecule has 0 aromatic carbocycles. The molecule has 2 aliphatic carbocycles. The molecule has 16 heavy (non-hydrogen) atoms. The van der Waals surface area contributed by atoms with E-state index in [-0.39, 0.29) is 17.6 Å². The van der Waals surface area contributed by atoms with Crippen LogP contribution in [0.1, 0.15) is 51.4 Å². The van der Waals surface area contributed by atoms with Crippen molar-refractivity contribution in [3.8, 4) is 0 Å². The van der Waals surface area contributed by atoms with Gasteiger partial charge in [0, 0.05) is 12.6 Å². The van der Waals surface area contributed by atoms with Crippen LogP contribution in [0.2, 0.25) is 0 Å². The zero-order valence-electron chi connectivity index (χ0n) is 9.88. The van der Waals surface area contributed by atoms with Gasteiger partial charge in [0.1, 0.15) is 5.67 Å². The molecule has 2 nitrogen and oxygen atoms in total. The molecule has 0 aromatic heterocycles. The molecule has 3 rings (SSSR count). The largest absolute Gasteiger partial charge is 0.375 e. The van der Waals surface area contributed by atoms with Crippen LogP contribution in [0.15, 0.2) is 0 Å². The molecule has 1 aliphatic heterocycles. The fourth-order valence-electron chi connectivity index (χ4n) is 3.98. The number of nitrogens with two attached hydrogens (primary N) is 1. The van der Waals surface area contributed by atoms with E-state index in [9.17, 15) is 4.39 Å². The topological polar surface area (TPSA) is 35.2 Å². The lowest BCUT2D eigenvalue weighted by atomic mass is 9.65. The Morgan fingerprint density at radius 1 is 1.12 bits per heavy atom. The van der Waals surface area contributed by atoms with Gasteiger partial charge in [0.2, 0.25) is 0 Å². The fourth-order valence-corrected chi connectivity index (χ4v) is 3.98. The van der Waals surface area contributed by atoms with Crippen LogP contribution in [0.3, 0.4) is 0 Å². The maximum atomic E-state index is 14.5. The molecule has 1 spiro atoms. The average molecular weight is 227 g/mol. The van der Waals surface area contributed by atoms with Crippen molar-refractivity contribution in [1.29, 1.82) is 0 Å². The van der Waals surface area contributed by atoms with E-state index in [1.807, 2.05) is 0 Å². The number of hydrogen-bond acceptors (Lipinski definition) is 2. The summed E-state index contributed by atoms with van der Waals surface area (Å²) in [6.45, 7) is 0.756. The van der Waals surface area contributed by atoms with E-state index in [1.165, 1.54) is 12.8 Å². The van der Waals surface area contributed by atoms with Crippen molar-refractivity contribution in [3.63, 3.8) is 0 Å². The SMILES string of the molecule is NC1CC(F)(C2CCOC3(CCCC3)C2)C1. The van der Waals surface area contributed by atoms with Gasteiger partial charge in [-0.1, -0.05) is 12.8 Å². The molecule has 3 fully saturated rings. The summed E-state index contributed by atoms with van der Waals surface area (Å²) in [4.78, 5) is 0. The van der Waals surface area contributed by atoms with Crippen molar-refractivity contribution in [2.75, 3.05) is 6.61 Å². The van der Waals surface area contributed by atoms with Gasteiger partial charge in [0.25, 0.3) is 0 Å². The summed E-state index contributed by atoms with van der Waals surface area (Å²) >= 11 is 0. The van der Waals surface area contributed by atoms with E-state index in [0.717, 1.165) is 32.3 Å². The van der Waals surface area contributed by atoms with Crippen molar-refractivity contribution < 1.29 is 9.13 Å². The Kier molecular flexibility index (Phi) is 2.52. The Morgan fingerprint density at radius 2 is 1.81 bits per heavy atom. The van der Waals surface area contributed by atoms with Crippen LogP contribution >= 0.6 is 0 Å². The zero-order chi connectivity index (χ0) is 11.2. The van der Waals surface area contributed by atoms with E-state index in [2.05, 4.69) is 0 Å². The summed E-state index contributed by atoms with van der Waals surface area (Å²) in [5.41, 5.74) is 4.82. The number of rotatable bonds is 1. The Balaban J connectivity index is 1.68. The number of halogens is 1. The third-order valence-corrected chi connectivity index (χ3v) is 4.94. The molecule has 3 heteroatoms. The maximum Gasteiger partial charge on any atom is 0.117 e. The van der Waals surface area contributed by atoms with E-state index >= 15 is 0 Å². The second-order valence-corrected chi connectivity index (χ2v) is 6.13. The summed E-state index contributed by atoms with van der Waals surface area (Å²) in [6.07, 6.45) is 7.79. The first kappa shape index (κ1) is 11.0. The molecule has 3 aliphatic rings. The monoisotopic (exact) mass is 227 g/mol. The molecule has 0 radical (unpaired) electrons. The summed E-state index contributed by atoms with van der Waals surface area (Å²) in [5, 5.41) is 0. The van der Waals surface area contributed by atoms with Crippen LogP contribution in [-0.4, -0.2) is 23.9 Å². The lowest BCUT2D eigenvalue weighted by Gasteiger charge is -2.50. The van der Waals surface area contributed by atoms with Gasteiger partial charge >= 0.3 is 0 Å². The molecule has 2 N–H and O–H groups in total. The van der Waals surface area contributed by atoms with Crippen LogP contribution in [-0.2, 0) is 4.74 Å². The minimum atomic E-state index is -0.960. The molecule has 0 amide bonds. The second-order valence-electron chi connectivity index (χ2n) is 6.13. The summed E-state index contributed by atoms with van der Waals surface area (Å²) in [7, 11) is 0. The van der Waals surface area contributed by atoms with Crippen molar-refractivity contribution in [2.45, 2.75) is 68.7 Å². The quantitative estimate of drug-likeness (QED) is 0.747. The van der Waals surface area contributed by atoms with E-state index in [1.54, 1.807) is 0 Å². The summed E-state index contributed by atoms with van der Waals surface area (Å²) in [5.74, 6) is 0.208. The van der Waals surface area contributed by atoms with Crippen molar-refractivity contribution in [1.82, 2.24) is 0 Å². The molecule has 0 bridgehead atoms. The first-order chi connectivity index (χ1) is 7.62. The van der Waals surface area contributed by atoms with Gasteiger partial charge in [-0.2, -0.15) is 0 Å². The molecule has 1 saturated heterocycles. The minimum absolute atomic E-state index is 0.0433. The smallest absolute Gasteiger partial charge is 0.117 e. The minimum Gasteiger partial charge on any atom is -0.375 e. The highest BCUT2D eigenvalue weighted by Crippen LogP contribution is 2.51. The highest BCUT2D eigenvalue weighted by atomic mass is 19.1. The van der Waals surface area contributed by atoms with Gasteiger partial charge in [-0.25, -0.2) is 4.39 Å². The first-order valence-corrected chi connectivity index (χ1v) is 6.70. The molecule has 1 heterocycles. The number of hydrogen-bond donors (Lipinski definition) is 1. The van der Waals surface area contributed by atoms with Crippen LogP contribution in [0.4, 0.5) is 4.39 Å². The van der Waals surface area contributed by atoms with Crippen LogP contribution < -0.4 is 5.73 Å². The van der Waals surface area contributed by atoms with Crippen LogP contribution in [0.25, 0.3) is 0 Å². The lowest BCUT2D eigenvalue weighted by molar-refractivity contribution is -0.139. The molecular formula is C13H22FNO. The van der Waals surface area contributed by atoms with Crippen molar-refractivity contribution in [3.05, 3.63) is 0 Å². The van der Waals surface area contributed by atoms with E-state index < -0.39 is 5.67 Å². The van der Waals surface area contributed by atoms with Crippen molar-refractivity contribution >= 4 is 0 Å². The molecular weight excluding hydrogens is 205 g/mol. The standard InChI is InChI=1S/C13H22FNO/c14-13(8-11(15)9-13)10-3-6-16-12(7-10)4-1-2-5-12/h10-11H,1-9,15H2. The van der Waals surface area contributed by atoms with Crippen LogP contribution in [0.5, 0.6) is 0 Å². The Bertz CT molecular complexity index is 269. The molecule has 1 unspecified atom stereocenters. The highest BCUT2D eigenvalue weighted by Gasteiger charge is 2.53. The van der Waals surface area contributed by atoms with Gasteiger partial charge in [0.15, 0.2) is 0 Å². The summed E-state index contributed by atoms with van der Waals surface area (Å²) < 4.78 is 20.5. The lowest BCUT2D eigenvalue weighted by Crippen LogP contribution is -2.56.